The predicted molar refractivity (Wildman–Crippen MR) is 94.5 cm³/mol. The third-order valence-electron chi connectivity index (χ3n) is 3.68. The lowest BCUT2D eigenvalue weighted by molar-refractivity contribution is 0.0747. The van der Waals surface area contributed by atoms with E-state index < -0.39 is 0 Å². The van der Waals surface area contributed by atoms with Crippen LogP contribution in [0.2, 0.25) is 0 Å². The highest BCUT2D eigenvalue weighted by atomic mass is 16.5. The molecule has 1 aromatic rings. The van der Waals surface area contributed by atoms with Crippen molar-refractivity contribution in [2.24, 2.45) is 4.99 Å². The van der Waals surface area contributed by atoms with Gasteiger partial charge in [-0.15, -0.1) is 0 Å². The van der Waals surface area contributed by atoms with E-state index in [2.05, 4.69) is 37.0 Å². The molecule has 8 nitrogen and oxygen atoms in total. The Morgan fingerprint density at radius 3 is 2.58 bits per heavy atom. The molecule has 1 aliphatic rings. The molecular formula is C16H28N6O2. The summed E-state index contributed by atoms with van der Waals surface area (Å²) in [6, 6.07) is 1.84. The van der Waals surface area contributed by atoms with E-state index in [9.17, 15) is 0 Å². The van der Waals surface area contributed by atoms with Gasteiger partial charge in [-0.1, -0.05) is 0 Å². The highest BCUT2D eigenvalue weighted by molar-refractivity contribution is 5.80. The van der Waals surface area contributed by atoms with Crippen molar-refractivity contribution in [2.75, 3.05) is 71.1 Å². The maximum atomic E-state index is 5.46. The Morgan fingerprint density at radius 2 is 1.92 bits per heavy atom. The minimum Gasteiger partial charge on any atom is -0.382 e. The van der Waals surface area contributed by atoms with Crippen LogP contribution in [0.5, 0.6) is 0 Å². The zero-order valence-electron chi connectivity index (χ0n) is 14.6. The van der Waals surface area contributed by atoms with Crippen LogP contribution in [0.25, 0.3) is 0 Å². The quantitative estimate of drug-likeness (QED) is 0.414. The van der Waals surface area contributed by atoms with Crippen molar-refractivity contribution in [3.63, 3.8) is 0 Å². The van der Waals surface area contributed by atoms with Crippen LogP contribution in [0.3, 0.4) is 0 Å². The number of anilines is 1. The molecule has 2 heterocycles. The summed E-state index contributed by atoms with van der Waals surface area (Å²) < 4.78 is 10.4. The lowest BCUT2D eigenvalue weighted by atomic mass is 10.3. The Bertz CT molecular complexity index is 477. The van der Waals surface area contributed by atoms with Gasteiger partial charge in [-0.05, 0) is 13.0 Å². The zero-order chi connectivity index (χ0) is 17.0. The van der Waals surface area contributed by atoms with E-state index in [-0.39, 0.29) is 0 Å². The molecule has 0 saturated carbocycles. The smallest absolute Gasteiger partial charge is 0.225 e. The fraction of sp³-hybridized carbons (Fsp3) is 0.688. The molecule has 0 spiro atoms. The van der Waals surface area contributed by atoms with Gasteiger partial charge in [0.05, 0.1) is 26.4 Å². The molecule has 0 aliphatic carbocycles. The summed E-state index contributed by atoms with van der Waals surface area (Å²) in [4.78, 5) is 17.8. The van der Waals surface area contributed by atoms with Gasteiger partial charge in [-0.25, -0.2) is 9.97 Å². The number of aromatic nitrogens is 2. The number of rotatable bonds is 8. The second-order valence-electron chi connectivity index (χ2n) is 5.36. The first-order valence-corrected chi connectivity index (χ1v) is 8.47. The number of piperazine rings is 1. The normalized spacial score (nSPS) is 15.7. The molecule has 1 aromatic heterocycles. The number of guanidine groups is 1. The SMILES string of the molecule is CCNC(=NCCOCCOC)N1CCN(c2ncccn2)CC1. The summed E-state index contributed by atoms with van der Waals surface area (Å²) in [6.45, 7) is 8.99. The Balaban J connectivity index is 1.79. The lowest BCUT2D eigenvalue weighted by Crippen LogP contribution is -2.53. The van der Waals surface area contributed by atoms with E-state index in [0.717, 1.165) is 44.6 Å². The van der Waals surface area contributed by atoms with Crippen molar-refractivity contribution in [2.45, 2.75) is 6.92 Å². The minimum atomic E-state index is 0.607. The number of nitrogens with one attached hydrogen (secondary N) is 1. The molecule has 0 atom stereocenters. The number of aliphatic imine (C=N–C) groups is 1. The average Bonchev–Trinajstić information content (AvgIpc) is 2.64. The van der Waals surface area contributed by atoms with Gasteiger partial charge in [0.2, 0.25) is 5.95 Å². The van der Waals surface area contributed by atoms with Gasteiger partial charge in [-0.3, -0.25) is 4.99 Å². The molecule has 8 heteroatoms. The van der Waals surface area contributed by atoms with Crippen LogP contribution < -0.4 is 10.2 Å². The van der Waals surface area contributed by atoms with Crippen LogP contribution in [0, 0.1) is 0 Å². The van der Waals surface area contributed by atoms with Crippen molar-refractivity contribution in [1.82, 2.24) is 20.2 Å². The van der Waals surface area contributed by atoms with E-state index in [4.69, 9.17) is 9.47 Å². The van der Waals surface area contributed by atoms with Gasteiger partial charge in [0.1, 0.15) is 0 Å². The monoisotopic (exact) mass is 336 g/mol. The first-order valence-electron chi connectivity index (χ1n) is 8.47. The summed E-state index contributed by atoms with van der Waals surface area (Å²) in [7, 11) is 1.67. The molecule has 24 heavy (non-hydrogen) atoms. The average molecular weight is 336 g/mol. The standard InChI is InChI=1S/C16H28N6O2/c1-3-17-15(20-7-12-24-14-13-23-2)21-8-10-22(11-9-21)16-18-5-4-6-19-16/h4-6H,3,7-14H2,1-2H3,(H,17,20). The highest BCUT2D eigenvalue weighted by Crippen LogP contribution is 2.09. The Morgan fingerprint density at radius 1 is 1.17 bits per heavy atom. The first kappa shape index (κ1) is 18.4. The molecule has 2 rings (SSSR count). The van der Waals surface area contributed by atoms with E-state index in [1.807, 2.05) is 6.07 Å². The summed E-state index contributed by atoms with van der Waals surface area (Å²) in [6.07, 6.45) is 3.56. The van der Waals surface area contributed by atoms with Crippen LogP contribution in [-0.4, -0.2) is 87.0 Å². The Kier molecular flexibility index (Phi) is 8.26. The van der Waals surface area contributed by atoms with Crippen LogP contribution in [-0.2, 0) is 9.47 Å². The number of hydrogen-bond acceptors (Lipinski definition) is 6. The number of nitrogens with zero attached hydrogens (tertiary/aromatic N) is 5. The fourth-order valence-corrected chi connectivity index (χ4v) is 2.46. The lowest BCUT2D eigenvalue weighted by Gasteiger charge is -2.36. The summed E-state index contributed by atoms with van der Waals surface area (Å²) in [5.41, 5.74) is 0. The van der Waals surface area contributed by atoms with Gasteiger partial charge in [0, 0.05) is 52.2 Å². The van der Waals surface area contributed by atoms with Crippen molar-refractivity contribution in [3.05, 3.63) is 18.5 Å². The molecule has 0 bridgehead atoms. The van der Waals surface area contributed by atoms with E-state index in [1.54, 1.807) is 19.5 Å². The van der Waals surface area contributed by atoms with E-state index in [1.165, 1.54) is 0 Å². The molecule has 1 fully saturated rings. The minimum absolute atomic E-state index is 0.607. The van der Waals surface area contributed by atoms with Crippen molar-refractivity contribution >= 4 is 11.9 Å². The Hall–Kier alpha value is -1.93. The number of methoxy groups -OCH3 is 1. The van der Waals surface area contributed by atoms with E-state index >= 15 is 0 Å². The molecule has 0 unspecified atom stereocenters. The van der Waals surface area contributed by atoms with Crippen molar-refractivity contribution < 1.29 is 9.47 Å². The largest absolute Gasteiger partial charge is 0.382 e. The second kappa shape index (κ2) is 10.8. The van der Waals surface area contributed by atoms with Gasteiger partial charge in [0.25, 0.3) is 0 Å². The molecule has 0 aromatic carbocycles. The van der Waals surface area contributed by atoms with Gasteiger partial charge in [0.15, 0.2) is 5.96 Å². The summed E-state index contributed by atoms with van der Waals surface area (Å²) >= 11 is 0. The third kappa shape index (κ3) is 5.93. The topological polar surface area (TPSA) is 75.1 Å². The third-order valence-corrected chi connectivity index (χ3v) is 3.68. The fourth-order valence-electron chi connectivity index (χ4n) is 2.46. The van der Waals surface area contributed by atoms with Gasteiger partial charge in [-0.2, -0.15) is 0 Å². The maximum absolute atomic E-state index is 5.46. The molecule has 1 saturated heterocycles. The highest BCUT2D eigenvalue weighted by Gasteiger charge is 2.20. The summed E-state index contributed by atoms with van der Waals surface area (Å²) in [5.74, 6) is 1.74. The van der Waals surface area contributed by atoms with Gasteiger partial charge < -0.3 is 24.6 Å². The zero-order valence-corrected chi connectivity index (χ0v) is 14.6. The Labute approximate surface area is 143 Å². The van der Waals surface area contributed by atoms with Crippen molar-refractivity contribution in [1.29, 1.82) is 0 Å². The molecular weight excluding hydrogens is 308 g/mol. The van der Waals surface area contributed by atoms with E-state index in [0.29, 0.717) is 26.4 Å². The van der Waals surface area contributed by atoms with Crippen LogP contribution in [0.15, 0.2) is 23.5 Å². The molecule has 134 valence electrons. The second-order valence-corrected chi connectivity index (χ2v) is 5.36. The number of hydrogen-bond donors (Lipinski definition) is 1. The summed E-state index contributed by atoms with van der Waals surface area (Å²) in [5, 5.41) is 3.35. The van der Waals surface area contributed by atoms with Crippen LogP contribution in [0.1, 0.15) is 6.92 Å². The van der Waals surface area contributed by atoms with Gasteiger partial charge >= 0.3 is 0 Å². The first-order chi connectivity index (χ1) is 11.8. The van der Waals surface area contributed by atoms with Crippen molar-refractivity contribution in [3.8, 4) is 0 Å². The van der Waals surface area contributed by atoms with Crippen LogP contribution >= 0.6 is 0 Å². The van der Waals surface area contributed by atoms with Crippen LogP contribution in [0.4, 0.5) is 5.95 Å². The molecule has 1 aliphatic heterocycles. The number of ether oxygens (including phenoxy) is 2. The maximum Gasteiger partial charge on any atom is 0.225 e. The molecule has 0 radical (unpaired) electrons. The predicted octanol–water partition coefficient (Wildman–Crippen LogP) is 0.227. The molecule has 0 amide bonds. The molecule has 1 N–H and O–H groups in total.